The molecule has 1 amide bonds. The second kappa shape index (κ2) is 10.4. The molecule has 4 nitrogen and oxygen atoms in total. The van der Waals surface area contributed by atoms with Crippen LogP contribution in [0.5, 0.6) is 0 Å². The van der Waals surface area contributed by atoms with Gasteiger partial charge in [-0.2, -0.15) is 0 Å². The van der Waals surface area contributed by atoms with Crippen molar-refractivity contribution in [2.24, 2.45) is 0 Å². The van der Waals surface area contributed by atoms with E-state index in [0.717, 1.165) is 45.8 Å². The lowest BCUT2D eigenvalue weighted by Crippen LogP contribution is -2.47. The molecule has 1 aromatic rings. The van der Waals surface area contributed by atoms with Gasteiger partial charge >= 0.3 is 0 Å². The van der Waals surface area contributed by atoms with Gasteiger partial charge in [0.1, 0.15) is 0 Å². The number of nitrogens with zero attached hydrogens (tertiary/aromatic N) is 2. The largest absolute Gasteiger partial charge is 0.340 e. The van der Waals surface area contributed by atoms with Crippen molar-refractivity contribution in [3.05, 3.63) is 48.6 Å². The molecule has 0 unspecified atom stereocenters. The first kappa shape index (κ1) is 18.7. The van der Waals surface area contributed by atoms with Gasteiger partial charge in [-0.25, -0.2) is 0 Å². The topological polar surface area (TPSA) is 35.6 Å². The molecule has 0 aliphatic carbocycles. The van der Waals surface area contributed by atoms with E-state index in [0.29, 0.717) is 6.42 Å². The van der Waals surface area contributed by atoms with Crippen LogP contribution in [0.1, 0.15) is 12.0 Å². The van der Waals surface area contributed by atoms with Crippen LogP contribution in [0.25, 0.3) is 0 Å². The molecule has 0 radical (unpaired) electrons. The standard InChI is InChI=1S/C17H25N3O.ClH/c1-2-11-19(15-16-6-4-3-5-7-16)12-8-17(21)20-13-9-18-10-14-20;/h2-7,18H,1,8-15H2;1H. The summed E-state index contributed by atoms with van der Waals surface area (Å²) in [6.45, 7) is 9.75. The van der Waals surface area contributed by atoms with Gasteiger partial charge in [0.25, 0.3) is 0 Å². The Labute approximate surface area is 139 Å². The predicted octanol–water partition coefficient (Wildman–Crippen LogP) is 1.92. The monoisotopic (exact) mass is 323 g/mol. The van der Waals surface area contributed by atoms with Crippen LogP contribution in [0.4, 0.5) is 0 Å². The Kier molecular flexibility index (Phi) is 8.82. The molecule has 0 atom stereocenters. The Balaban J connectivity index is 0.00000242. The molecule has 0 spiro atoms. The van der Waals surface area contributed by atoms with Crippen LogP contribution in [0.15, 0.2) is 43.0 Å². The van der Waals surface area contributed by atoms with Crippen molar-refractivity contribution in [1.29, 1.82) is 0 Å². The van der Waals surface area contributed by atoms with Crippen LogP contribution < -0.4 is 5.32 Å². The third-order valence-corrected chi connectivity index (χ3v) is 3.75. The number of amides is 1. The van der Waals surface area contributed by atoms with Gasteiger partial charge in [0.15, 0.2) is 0 Å². The molecule has 122 valence electrons. The second-order valence-corrected chi connectivity index (χ2v) is 5.39. The summed E-state index contributed by atoms with van der Waals surface area (Å²) >= 11 is 0. The highest BCUT2D eigenvalue weighted by Crippen LogP contribution is 2.06. The number of hydrogen-bond donors (Lipinski definition) is 1. The quantitative estimate of drug-likeness (QED) is 0.779. The molecule has 1 aliphatic heterocycles. The maximum absolute atomic E-state index is 12.2. The zero-order valence-electron chi connectivity index (χ0n) is 13.0. The Morgan fingerprint density at radius 2 is 1.95 bits per heavy atom. The van der Waals surface area contributed by atoms with Gasteiger partial charge in [0.05, 0.1) is 0 Å². The van der Waals surface area contributed by atoms with E-state index in [1.54, 1.807) is 0 Å². The summed E-state index contributed by atoms with van der Waals surface area (Å²) in [5, 5.41) is 3.27. The van der Waals surface area contributed by atoms with Gasteiger partial charge in [-0.1, -0.05) is 36.4 Å². The van der Waals surface area contributed by atoms with Crippen LogP contribution in [-0.4, -0.2) is 55.0 Å². The zero-order chi connectivity index (χ0) is 14.9. The van der Waals surface area contributed by atoms with Crippen molar-refractivity contribution < 1.29 is 4.79 Å². The maximum atomic E-state index is 12.2. The Morgan fingerprint density at radius 3 is 2.59 bits per heavy atom. The van der Waals surface area contributed by atoms with Crippen molar-refractivity contribution in [2.75, 3.05) is 39.3 Å². The van der Waals surface area contributed by atoms with Gasteiger partial charge in [0.2, 0.25) is 5.91 Å². The van der Waals surface area contributed by atoms with Crippen LogP contribution in [0.2, 0.25) is 0 Å². The van der Waals surface area contributed by atoms with Gasteiger partial charge in [-0.3, -0.25) is 9.69 Å². The van der Waals surface area contributed by atoms with Crippen LogP contribution in [0, 0.1) is 0 Å². The second-order valence-electron chi connectivity index (χ2n) is 5.39. The summed E-state index contributed by atoms with van der Waals surface area (Å²) in [5.41, 5.74) is 1.27. The molecular weight excluding hydrogens is 298 g/mol. The number of carbonyl (C=O) groups excluding carboxylic acids is 1. The first-order valence-corrected chi connectivity index (χ1v) is 7.65. The van der Waals surface area contributed by atoms with Crippen molar-refractivity contribution in [3.8, 4) is 0 Å². The molecule has 1 N–H and O–H groups in total. The molecule has 1 aromatic carbocycles. The van der Waals surface area contributed by atoms with Gasteiger partial charge in [-0.05, 0) is 5.56 Å². The number of hydrogen-bond acceptors (Lipinski definition) is 3. The molecule has 0 bridgehead atoms. The lowest BCUT2D eigenvalue weighted by atomic mass is 10.2. The zero-order valence-corrected chi connectivity index (χ0v) is 13.9. The minimum Gasteiger partial charge on any atom is -0.340 e. The summed E-state index contributed by atoms with van der Waals surface area (Å²) in [6, 6.07) is 10.4. The van der Waals surface area contributed by atoms with Gasteiger partial charge < -0.3 is 10.2 Å². The number of benzene rings is 1. The highest BCUT2D eigenvalue weighted by Gasteiger charge is 2.16. The van der Waals surface area contributed by atoms with E-state index in [9.17, 15) is 4.79 Å². The lowest BCUT2D eigenvalue weighted by Gasteiger charge is -2.28. The molecule has 0 saturated carbocycles. The fraction of sp³-hybridized carbons (Fsp3) is 0.471. The summed E-state index contributed by atoms with van der Waals surface area (Å²) < 4.78 is 0. The van der Waals surface area contributed by atoms with Crippen molar-refractivity contribution in [2.45, 2.75) is 13.0 Å². The van der Waals surface area contributed by atoms with E-state index in [1.807, 2.05) is 29.2 Å². The smallest absolute Gasteiger partial charge is 0.223 e. The van der Waals surface area contributed by atoms with E-state index in [4.69, 9.17) is 0 Å². The van der Waals surface area contributed by atoms with E-state index < -0.39 is 0 Å². The van der Waals surface area contributed by atoms with E-state index in [2.05, 4.69) is 28.9 Å². The molecule has 1 heterocycles. The number of halogens is 1. The highest BCUT2D eigenvalue weighted by atomic mass is 35.5. The van der Waals surface area contributed by atoms with E-state index in [-0.39, 0.29) is 18.3 Å². The average molecular weight is 324 g/mol. The fourth-order valence-corrected chi connectivity index (χ4v) is 2.59. The summed E-state index contributed by atoms with van der Waals surface area (Å²) in [5.74, 6) is 0.263. The Morgan fingerprint density at radius 1 is 1.27 bits per heavy atom. The Bertz CT molecular complexity index is 446. The van der Waals surface area contributed by atoms with Crippen molar-refractivity contribution in [1.82, 2.24) is 15.1 Å². The van der Waals surface area contributed by atoms with Crippen LogP contribution in [0.3, 0.4) is 0 Å². The summed E-state index contributed by atoms with van der Waals surface area (Å²) in [4.78, 5) is 16.4. The fourth-order valence-electron chi connectivity index (χ4n) is 2.59. The van der Waals surface area contributed by atoms with Crippen LogP contribution in [-0.2, 0) is 11.3 Å². The Hall–Kier alpha value is -1.36. The molecule has 5 heteroatoms. The molecule has 1 saturated heterocycles. The third kappa shape index (κ3) is 6.18. The minimum atomic E-state index is 0. The highest BCUT2D eigenvalue weighted by molar-refractivity contribution is 5.85. The van der Waals surface area contributed by atoms with Crippen LogP contribution >= 0.6 is 12.4 Å². The molecule has 22 heavy (non-hydrogen) atoms. The maximum Gasteiger partial charge on any atom is 0.223 e. The van der Waals surface area contributed by atoms with Gasteiger partial charge in [-0.15, -0.1) is 19.0 Å². The summed E-state index contributed by atoms with van der Waals surface area (Å²) in [7, 11) is 0. The minimum absolute atomic E-state index is 0. The predicted molar refractivity (Wildman–Crippen MR) is 93.2 cm³/mol. The van der Waals surface area contributed by atoms with Crippen molar-refractivity contribution in [3.63, 3.8) is 0 Å². The van der Waals surface area contributed by atoms with E-state index >= 15 is 0 Å². The number of piperazine rings is 1. The third-order valence-electron chi connectivity index (χ3n) is 3.75. The number of rotatable bonds is 7. The number of nitrogens with one attached hydrogen (secondary N) is 1. The molecule has 2 rings (SSSR count). The first-order chi connectivity index (χ1) is 10.3. The van der Waals surface area contributed by atoms with E-state index in [1.165, 1.54) is 5.56 Å². The SMILES string of the molecule is C=CCN(CCC(=O)N1CCNCC1)Cc1ccccc1.Cl. The molecular formula is C17H26ClN3O. The molecule has 1 fully saturated rings. The average Bonchev–Trinajstić information content (AvgIpc) is 2.54. The van der Waals surface area contributed by atoms with Crippen molar-refractivity contribution >= 4 is 18.3 Å². The molecule has 0 aromatic heterocycles. The number of carbonyl (C=O) groups is 1. The van der Waals surface area contributed by atoms with Gasteiger partial charge in [0, 0.05) is 52.2 Å². The molecule has 1 aliphatic rings. The summed E-state index contributed by atoms with van der Waals surface area (Å²) in [6.07, 6.45) is 2.49. The first-order valence-electron chi connectivity index (χ1n) is 7.65. The lowest BCUT2D eigenvalue weighted by molar-refractivity contribution is -0.132. The normalized spacial score (nSPS) is 14.5.